The molecule has 2 N–H and O–H groups in total. The van der Waals surface area contributed by atoms with E-state index in [4.69, 9.17) is 0 Å². The summed E-state index contributed by atoms with van der Waals surface area (Å²) in [6.07, 6.45) is 3.52. The first-order chi connectivity index (χ1) is 7.65. The summed E-state index contributed by atoms with van der Waals surface area (Å²) in [7, 11) is 3.36. The van der Waals surface area contributed by atoms with Crippen LogP contribution in [0, 0.1) is 0 Å². The van der Waals surface area contributed by atoms with Gasteiger partial charge in [-0.1, -0.05) is 6.42 Å². The third-order valence-corrected chi connectivity index (χ3v) is 2.94. The summed E-state index contributed by atoms with van der Waals surface area (Å²) in [6, 6.07) is -0.0524. The van der Waals surface area contributed by atoms with E-state index in [1.165, 1.54) is 0 Å². The van der Waals surface area contributed by atoms with Crippen molar-refractivity contribution in [3.8, 4) is 0 Å². The first-order valence-corrected chi connectivity index (χ1v) is 5.84. The molecule has 6 heteroatoms. The predicted octanol–water partition coefficient (Wildman–Crippen LogP) is 0.145. The number of likely N-dealkylation sites (N-methyl/N-ethyl adjacent to an activating group) is 1. The monoisotopic (exact) mass is 263 g/mol. The molecule has 0 saturated carbocycles. The summed E-state index contributed by atoms with van der Waals surface area (Å²) in [6.45, 7) is 1.40. The van der Waals surface area contributed by atoms with Crippen LogP contribution in [0.15, 0.2) is 0 Å². The van der Waals surface area contributed by atoms with Gasteiger partial charge in [-0.3, -0.25) is 9.59 Å². The summed E-state index contributed by atoms with van der Waals surface area (Å²) in [5, 5.41) is 5.76. The van der Waals surface area contributed by atoms with Crippen LogP contribution in [0.25, 0.3) is 0 Å². The summed E-state index contributed by atoms with van der Waals surface area (Å²) >= 11 is 0. The quantitative estimate of drug-likeness (QED) is 0.759. The van der Waals surface area contributed by atoms with Gasteiger partial charge >= 0.3 is 0 Å². The van der Waals surface area contributed by atoms with E-state index in [1.807, 2.05) is 0 Å². The number of halogens is 1. The number of hydrogen-bond acceptors (Lipinski definition) is 3. The SMILES string of the molecule is CNC(=O)CCN(C)C(=O)[C@H]1CCCCN1.Cl. The van der Waals surface area contributed by atoms with Crippen LogP contribution in [0.5, 0.6) is 0 Å². The molecule has 0 aromatic carbocycles. The number of nitrogens with one attached hydrogen (secondary N) is 2. The van der Waals surface area contributed by atoms with Gasteiger partial charge in [-0.15, -0.1) is 12.4 Å². The molecular weight excluding hydrogens is 242 g/mol. The fraction of sp³-hybridized carbons (Fsp3) is 0.818. The molecule has 2 amide bonds. The average Bonchev–Trinajstić information content (AvgIpc) is 2.35. The molecule has 1 aliphatic heterocycles. The molecule has 5 nitrogen and oxygen atoms in total. The fourth-order valence-corrected chi connectivity index (χ4v) is 1.83. The van der Waals surface area contributed by atoms with Crippen molar-refractivity contribution in [3.05, 3.63) is 0 Å². The van der Waals surface area contributed by atoms with Gasteiger partial charge in [0, 0.05) is 27.1 Å². The molecule has 1 aliphatic rings. The molecular formula is C11H22ClN3O2. The van der Waals surface area contributed by atoms with Gasteiger partial charge in [0.05, 0.1) is 6.04 Å². The lowest BCUT2D eigenvalue weighted by atomic mass is 10.0. The molecule has 0 bridgehead atoms. The summed E-state index contributed by atoms with van der Waals surface area (Å²) < 4.78 is 0. The van der Waals surface area contributed by atoms with Gasteiger partial charge < -0.3 is 15.5 Å². The van der Waals surface area contributed by atoms with Gasteiger partial charge in [-0.25, -0.2) is 0 Å². The van der Waals surface area contributed by atoms with Crippen molar-refractivity contribution in [1.29, 1.82) is 0 Å². The largest absolute Gasteiger partial charge is 0.359 e. The maximum Gasteiger partial charge on any atom is 0.239 e. The minimum Gasteiger partial charge on any atom is -0.359 e. The molecule has 0 aromatic heterocycles. The molecule has 0 spiro atoms. The van der Waals surface area contributed by atoms with Crippen molar-refractivity contribution in [3.63, 3.8) is 0 Å². The summed E-state index contributed by atoms with van der Waals surface area (Å²) in [5.41, 5.74) is 0. The van der Waals surface area contributed by atoms with Crippen LogP contribution >= 0.6 is 12.4 Å². The minimum atomic E-state index is -0.0524. The zero-order valence-corrected chi connectivity index (χ0v) is 11.3. The molecule has 0 unspecified atom stereocenters. The van der Waals surface area contributed by atoms with Crippen LogP contribution in [-0.2, 0) is 9.59 Å². The van der Waals surface area contributed by atoms with Crippen molar-refractivity contribution in [2.24, 2.45) is 0 Å². The topological polar surface area (TPSA) is 61.4 Å². The van der Waals surface area contributed by atoms with Crippen molar-refractivity contribution < 1.29 is 9.59 Å². The van der Waals surface area contributed by atoms with Crippen molar-refractivity contribution in [2.75, 3.05) is 27.2 Å². The zero-order chi connectivity index (χ0) is 12.0. The highest BCUT2D eigenvalue weighted by atomic mass is 35.5. The van der Waals surface area contributed by atoms with Crippen molar-refractivity contribution in [1.82, 2.24) is 15.5 Å². The second-order valence-electron chi connectivity index (χ2n) is 4.19. The van der Waals surface area contributed by atoms with Gasteiger partial charge in [0.1, 0.15) is 0 Å². The van der Waals surface area contributed by atoms with Crippen molar-refractivity contribution in [2.45, 2.75) is 31.7 Å². The lowest BCUT2D eigenvalue weighted by Crippen LogP contribution is -2.47. The maximum absolute atomic E-state index is 11.9. The van der Waals surface area contributed by atoms with Crippen LogP contribution in [0.3, 0.4) is 0 Å². The number of amides is 2. The molecule has 0 aromatic rings. The van der Waals surface area contributed by atoms with E-state index in [9.17, 15) is 9.59 Å². The van der Waals surface area contributed by atoms with E-state index >= 15 is 0 Å². The van der Waals surface area contributed by atoms with E-state index < -0.39 is 0 Å². The Morgan fingerprint density at radius 2 is 2.12 bits per heavy atom. The second-order valence-corrected chi connectivity index (χ2v) is 4.19. The molecule has 17 heavy (non-hydrogen) atoms. The van der Waals surface area contributed by atoms with E-state index in [-0.39, 0.29) is 30.3 Å². The van der Waals surface area contributed by atoms with Crippen LogP contribution < -0.4 is 10.6 Å². The van der Waals surface area contributed by atoms with Gasteiger partial charge in [-0.05, 0) is 19.4 Å². The molecule has 0 radical (unpaired) electrons. The molecule has 100 valence electrons. The third-order valence-electron chi connectivity index (χ3n) is 2.94. The smallest absolute Gasteiger partial charge is 0.239 e. The van der Waals surface area contributed by atoms with Crippen LogP contribution in [-0.4, -0.2) is 49.9 Å². The minimum absolute atomic E-state index is 0. The number of carbonyl (C=O) groups excluding carboxylic acids is 2. The van der Waals surface area contributed by atoms with Gasteiger partial charge in [-0.2, -0.15) is 0 Å². The molecule has 1 atom stereocenters. The Hall–Kier alpha value is -0.810. The van der Waals surface area contributed by atoms with Crippen LogP contribution in [0.4, 0.5) is 0 Å². The number of nitrogens with zero attached hydrogens (tertiary/aromatic N) is 1. The van der Waals surface area contributed by atoms with Crippen LogP contribution in [0.2, 0.25) is 0 Å². The number of piperidine rings is 1. The molecule has 1 heterocycles. The molecule has 1 saturated heterocycles. The van der Waals surface area contributed by atoms with E-state index in [0.29, 0.717) is 13.0 Å². The van der Waals surface area contributed by atoms with E-state index in [0.717, 1.165) is 25.8 Å². The molecule has 0 aliphatic carbocycles. The fourth-order valence-electron chi connectivity index (χ4n) is 1.83. The highest BCUT2D eigenvalue weighted by Gasteiger charge is 2.23. The Morgan fingerprint density at radius 3 is 2.65 bits per heavy atom. The Kier molecular flexibility index (Phi) is 7.91. The van der Waals surface area contributed by atoms with E-state index in [1.54, 1.807) is 19.0 Å². The third kappa shape index (κ3) is 5.37. The number of hydrogen-bond donors (Lipinski definition) is 2. The Morgan fingerprint density at radius 1 is 1.41 bits per heavy atom. The van der Waals surface area contributed by atoms with E-state index in [2.05, 4.69) is 10.6 Å². The lowest BCUT2D eigenvalue weighted by molar-refractivity contribution is -0.133. The standard InChI is InChI=1S/C11H21N3O2.ClH/c1-12-10(15)6-8-14(2)11(16)9-5-3-4-7-13-9;/h9,13H,3-8H2,1-2H3,(H,12,15);1H/t9-;/m1./s1. The number of carbonyl (C=O) groups is 2. The lowest BCUT2D eigenvalue weighted by Gasteiger charge is -2.27. The molecule has 1 fully saturated rings. The highest BCUT2D eigenvalue weighted by molar-refractivity contribution is 5.85. The van der Waals surface area contributed by atoms with Crippen LogP contribution in [0.1, 0.15) is 25.7 Å². The predicted molar refractivity (Wildman–Crippen MR) is 69.2 cm³/mol. The highest BCUT2D eigenvalue weighted by Crippen LogP contribution is 2.09. The number of rotatable bonds is 4. The van der Waals surface area contributed by atoms with Gasteiger partial charge in [0.15, 0.2) is 0 Å². The van der Waals surface area contributed by atoms with Gasteiger partial charge in [0.25, 0.3) is 0 Å². The Labute approximate surface area is 109 Å². The first kappa shape index (κ1) is 16.2. The van der Waals surface area contributed by atoms with Crippen molar-refractivity contribution >= 4 is 24.2 Å². The van der Waals surface area contributed by atoms with Gasteiger partial charge in [0.2, 0.25) is 11.8 Å². The Bertz CT molecular complexity index is 255. The average molecular weight is 264 g/mol. The summed E-state index contributed by atoms with van der Waals surface area (Å²) in [5.74, 6) is 0.0693. The second kappa shape index (κ2) is 8.31. The zero-order valence-electron chi connectivity index (χ0n) is 10.5. The maximum atomic E-state index is 11.9. The first-order valence-electron chi connectivity index (χ1n) is 5.84. The Balaban J connectivity index is 0.00000256. The summed E-state index contributed by atoms with van der Waals surface area (Å²) in [4.78, 5) is 24.6. The molecule has 1 rings (SSSR count). The normalized spacial score (nSPS) is 19.1.